The van der Waals surface area contributed by atoms with Crippen molar-refractivity contribution >= 4 is 0 Å². The molecule has 1 N–H and O–H groups in total. The third-order valence-electron chi connectivity index (χ3n) is 3.17. The first kappa shape index (κ1) is 12.4. The lowest BCUT2D eigenvalue weighted by Crippen LogP contribution is -2.33. The predicted molar refractivity (Wildman–Crippen MR) is 61.2 cm³/mol. The van der Waals surface area contributed by atoms with E-state index >= 15 is 0 Å². The molecule has 0 aliphatic carbocycles. The molecule has 1 aliphatic rings. The fraction of sp³-hybridized carbons (Fsp3) is 0.818. The Bertz CT molecular complexity index is 368. The first-order valence-electron chi connectivity index (χ1n) is 5.99. The number of aromatic nitrogens is 3. The lowest BCUT2D eigenvalue weighted by atomic mass is 10.2. The first-order valence-corrected chi connectivity index (χ1v) is 5.99. The van der Waals surface area contributed by atoms with Crippen molar-refractivity contribution in [3.63, 3.8) is 0 Å². The summed E-state index contributed by atoms with van der Waals surface area (Å²) in [4.78, 5) is 6.14. The number of halogens is 1. The van der Waals surface area contributed by atoms with Crippen LogP contribution in [0.15, 0.2) is 6.33 Å². The SMILES string of the molecule is CC(C)n1ncnc1CN1C[C@@H](F)C[C@H]1CO. The van der Waals surface area contributed by atoms with Crippen LogP contribution in [0.2, 0.25) is 0 Å². The van der Waals surface area contributed by atoms with Gasteiger partial charge in [0.25, 0.3) is 0 Å². The van der Waals surface area contributed by atoms with E-state index in [1.54, 1.807) is 0 Å². The molecule has 0 aromatic carbocycles. The van der Waals surface area contributed by atoms with E-state index < -0.39 is 6.17 Å². The molecule has 17 heavy (non-hydrogen) atoms. The molecule has 96 valence electrons. The fourth-order valence-corrected chi connectivity index (χ4v) is 2.31. The highest BCUT2D eigenvalue weighted by atomic mass is 19.1. The number of rotatable bonds is 4. The summed E-state index contributed by atoms with van der Waals surface area (Å²) >= 11 is 0. The maximum atomic E-state index is 13.3. The number of hydrogen-bond donors (Lipinski definition) is 1. The van der Waals surface area contributed by atoms with Crippen LogP contribution in [0.25, 0.3) is 0 Å². The van der Waals surface area contributed by atoms with Crippen molar-refractivity contribution in [2.24, 2.45) is 0 Å². The Labute approximate surface area is 100 Å². The number of hydrogen-bond acceptors (Lipinski definition) is 4. The maximum Gasteiger partial charge on any atom is 0.141 e. The summed E-state index contributed by atoms with van der Waals surface area (Å²) in [6, 6.07) is 0.145. The molecule has 0 spiro atoms. The Morgan fingerprint density at radius 2 is 2.35 bits per heavy atom. The van der Waals surface area contributed by atoms with E-state index in [-0.39, 0.29) is 18.7 Å². The zero-order valence-electron chi connectivity index (χ0n) is 10.3. The largest absolute Gasteiger partial charge is 0.395 e. The Balaban J connectivity index is 2.07. The lowest BCUT2D eigenvalue weighted by molar-refractivity contribution is 0.148. The van der Waals surface area contributed by atoms with Gasteiger partial charge in [0.05, 0.1) is 13.2 Å². The van der Waals surface area contributed by atoms with Crippen LogP contribution < -0.4 is 0 Å². The summed E-state index contributed by atoms with van der Waals surface area (Å²) in [6.07, 6.45) is 1.08. The Morgan fingerprint density at radius 1 is 1.59 bits per heavy atom. The van der Waals surface area contributed by atoms with Crippen molar-refractivity contribution in [1.29, 1.82) is 0 Å². The topological polar surface area (TPSA) is 54.2 Å². The molecule has 2 rings (SSSR count). The smallest absolute Gasteiger partial charge is 0.141 e. The van der Waals surface area contributed by atoms with Crippen LogP contribution in [0.3, 0.4) is 0 Å². The third-order valence-corrected chi connectivity index (χ3v) is 3.17. The van der Waals surface area contributed by atoms with E-state index in [4.69, 9.17) is 0 Å². The lowest BCUT2D eigenvalue weighted by Gasteiger charge is -2.22. The normalized spacial score (nSPS) is 25.9. The van der Waals surface area contributed by atoms with E-state index in [2.05, 4.69) is 10.1 Å². The van der Waals surface area contributed by atoms with Crippen molar-refractivity contribution in [3.8, 4) is 0 Å². The minimum atomic E-state index is -0.845. The molecule has 0 radical (unpaired) electrons. The standard InChI is InChI=1S/C11H19FN4O/c1-8(2)16-11(13-7-14-16)5-15-4-9(12)3-10(15)6-17/h7-10,17H,3-6H2,1-2H3/t9-,10-/m0/s1. The van der Waals surface area contributed by atoms with Crippen LogP contribution in [-0.4, -0.2) is 50.1 Å². The third kappa shape index (κ3) is 2.63. The van der Waals surface area contributed by atoms with Crippen molar-refractivity contribution < 1.29 is 9.50 Å². The molecule has 0 unspecified atom stereocenters. The van der Waals surface area contributed by atoms with E-state index in [0.29, 0.717) is 19.5 Å². The van der Waals surface area contributed by atoms with Gasteiger partial charge in [-0.1, -0.05) is 0 Å². The van der Waals surface area contributed by atoms with Gasteiger partial charge < -0.3 is 5.11 Å². The van der Waals surface area contributed by atoms with Crippen LogP contribution in [0.1, 0.15) is 32.1 Å². The Morgan fingerprint density at radius 3 is 3.00 bits per heavy atom. The Kier molecular flexibility index (Phi) is 3.73. The average molecular weight is 242 g/mol. The zero-order valence-corrected chi connectivity index (χ0v) is 10.3. The van der Waals surface area contributed by atoms with Gasteiger partial charge in [-0.25, -0.2) is 14.1 Å². The highest BCUT2D eigenvalue weighted by Crippen LogP contribution is 2.22. The summed E-state index contributed by atoms with van der Waals surface area (Å²) in [5, 5.41) is 13.4. The van der Waals surface area contributed by atoms with Gasteiger partial charge in [-0.2, -0.15) is 5.10 Å². The number of aliphatic hydroxyl groups excluding tert-OH is 1. The number of nitrogens with zero attached hydrogens (tertiary/aromatic N) is 4. The van der Waals surface area contributed by atoms with Crippen LogP contribution in [0.5, 0.6) is 0 Å². The molecular weight excluding hydrogens is 223 g/mol. The van der Waals surface area contributed by atoms with Crippen LogP contribution >= 0.6 is 0 Å². The Hall–Kier alpha value is -1.01. The van der Waals surface area contributed by atoms with E-state index in [9.17, 15) is 9.50 Å². The van der Waals surface area contributed by atoms with Crippen LogP contribution in [-0.2, 0) is 6.54 Å². The summed E-state index contributed by atoms with van der Waals surface area (Å²) < 4.78 is 15.1. The number of likely N-dealkylation sites (tertiary alicyclic amines) is 1. The molecule has 5 nitrogen and oxygen atoms in total. The first-order chi connectivity index (χ1) is 8.11. The van der Waals surface area contributed by atoms with E-state index in [0.717, 1.165) is 5.82 Å². The van der Waals surface area contributed by atoms with Crippen molar-refractivity contribution in [1.82, 2.24) is 19.7 Å². The monoisotopic (exact) mass is 242 g/mol. The highest BCUT2D eigenvalue weighted by molar-refractivity contribution is 4.92. The molecule has 1 aliphatic heterocycles. The van der Waals surface area contributed by atoms with Gasteiger partial charge in [0.15, 0.2) is 0 Å². The van der Waals surface area contributed by atoms with Crippen LogP contribution in [0, 0.1) is 0 Å². The number of alkyl halides is 1. The molecule has 2 atom stereocenters. The fourth-order valence-electron chi connectivity index (χ4n) is 2.31. The highest BCUT2D eigenvalue weighted by Gasteiger charge is 2.32. The molecule has 0 amide bonds. The van der Waals surface area contributed by atoms with Gasteiger partial charge in [0, 0.05) is 18.6 Å². The van der Waals surface area contributed by atoms with E-state index in [1.807, 2.05) is 23.4 Å². The minimum Gasteiger partial charge on any atom is -0.395 e. The molecule has 1 saturated heterocycles. The average Bonchev–Trinajstić information content (AvgIpc) is 2.85. The van der Waals surface area contributed by atoms with Crippen molar-refractivity contribution in [2.45, 2.75) is 45.1 Å². The van der Waals surface area contributed by atoms with Gasteiger partial charge in [-0.3, -0.25) is 4.90 Å². The molecule has 0 saturated carbocycles. The van der Waals surface area contributed by atoms with E-state index in [1.165, 1.54) is 6.33 Å². The molecule has 0 bridgehead atoms. The van der Waals surface area contributed by atoms with Gasteiger partial charge >= 0.3 is 0 Å². The quantitative estimate of drug-likeness (QED) is 0.847. The zero-order chi connectivity index (χ0) is 12.4. The summed E-state index contributed by atoms with van der Waals surface area (Å²) in [6.45, 7) is 4.98. The minimum absolute atomic E-state index is 0.00373. The number of aliphatic hydroxyl groups is 1. The summed E-state index contributed by atoms with van der Waals surface area (Å²) in [7, 11) is 0. The van der Waals surface area contributed by atoms with Gasteiger partial charge in [-0.15, -0.1) is 0 Å². The maximum absolute atomic E-state index is 13.3. The van der Waals surface area contributed by atoms with Crippen LogP contribution in [0.4, 0.5) is 4.39 Å². The second kappa shape index (κ2) is 5.10. The second-order valence-corrected chi connectivity index (χ2v) is 4.81. The molecule has 6 heteroatoms. The molecule has 1 aromatic heterocycles. The molecule has 2 heterocycles. The van der Waals surface area contributed by atoms with Crippen molar-refractivity contribution in [2.75, 3.05) is 13.2 Å². The molecule has 1 aromatic rings. The summed E-state index contributed by atoms with van der Waals surface area (Å²) in [5.74, 6) is 0.826. The molecule has 1 fully saturated rings. The molecular formula is C11H19FN4O. The van der Waals surface area contributed by atoms with Gasteiger partial charge in [0.2, 0.25) is 0 Å². The predicted octanol–water partition coefficient (Wildman–Crippen LogP) is 0.764. The second-order valence-electron chi connectivity index (χ2n) is 4.81. The van der Waals surface area contributed by atoms with Crippen molar-refractivity contribution in [3.05, 3.63) is 12.2 Å². The van der Waals surface area contributed by atoms with Gasteiger partial charge in [-0.05, 0) is 20.3 Å². The van der Waals surface area contributed by atoms with Gasteiger partial charge in [0.1, 0.15) is 18.3 Å². The summed E-state index contributed by atoms with van der Waals surface area (Å²) in [5.41, 5.74) is 0.